The average molecular weight is 455 g/mol. The number of halogens is 3. The maximum atomic E-state index is 12.5. The van der Waals surface area contributed by atoms with Crippen molar-refractivity contribution >= 4 is 44.8 Å². The second kappa shape index (κ2) is 8.22. The largest absolute Gasteiger partial charge is 0.387 e. The number of aliphatic hydroxyl groups is 1. The Morgan fingerprint density at radius 2 is 1.77 bits per heavy atom. The van der Waals surface area contributed by atoms with E-state index in [0.29, 0.717) is 26.0 Å². The maximum absolute atomic E-state index is 12.5. The first-order valence-corrected chi connectivity index (χ1v) is 9.23. The molecule has 0 bridgehead atoms. The van der Waals surface area contributed by atoms with Crippen molar-refractivity contribution in [1.29, 1.82) is 0 Å². The number of nitrogens with one attached hydrogen (secondary N) is 1. The van der Waals surface area contributed by atoms with Gasteiger partial charge in [0.05, 0.1) is 21.8 Å². The smallest absolute Gasteiger partial charge is 0.273 e. The predicted octanol–water partition coefficient (Wildman–Crippen LogP) is 4.45. The molecule has 0 aliphatic rings. The highest BCUT2D eigenvalue weighted by molar-refractivity contribution is 9.10. The highest BCUT2D eigenvalue weighted by Gasteiger charge is 2.15. The van der Waals surface area contributed by atoms with Gasteiger partial charge < -0.3 is 10.4 Å². The molecule has 0 saturated carbocycles. The van der Waals surface area contributed by atoms with Crippen molar-refractivity contribution in [3.05, 3.63) is 85.2 Å². The minimum Gasteiger partial charge on any atom is -0.387 e. The summed E-state index contributed by atoms with van der Waals surface area (Å²) >= 11 is 15.6. The van der Waals surface area contributed by atoms with Crippen LogP contribution in [-0.4, -0.2) is 21.4 Å². The molecule has 2 N–H and O–H groups in total. The molecule has 1 aromatic heterocycles. The van der Waals surface area contributed by atoms with Crippen LogP contribution in [0, 0.1) is 0 Å². The fourth-order valence-electron chi connectivity index (χ4n) is 2.41. The van der Waals surface area contributed by atoms with Crippen molar-refractivity contribution in [2.24, 2.45) is 0 Å². The van der Waals surface area contributed by atoms with Crippen LogP contribution in [0.25, 0.3) is 5.69 Å². The van der Waals surface area contributed by atoms with Gasteiger partial charge in [0, 0.05) is 12.6 Å². The van der Waals surface area contributed by atoms with E-state index >= 15 is 0 Å². The third-order valence-corrected chi connectivity index (χ3v) is 4.90. The van der Waals surface area contributed by atoms with E-state index in [-0.39, 0.29) is 6.54 Å². The Morgan fingerprint density at radius 3 is 2.42 bits per heavy atom. The molecule has 0 radical (unpaired) electrons. The van der Waals surface area contributed by atoms with Crippen LogP contribution in [0.2, 0.25) is 10.0 Å². The summed E-state index contributed by atoms with van der Waals surface area (Å²) in [4.78, 5) is 12.5. The summed E-state index contributed by atoms with van der Waals surface area (Å²) in [7, 11) is 0. The minimum absolute atomic E-state index is 0.223. The van der Waals surface area contributed by atoms with Crippen molar-refractivity contribution in [2.75, 3.05) is 11.9 Å². The first-order valence-electron chi connectivity index (χ1n) is 7.68. The molecule has 3 rings (SSSR count). The number of para-hydroxylation sites is 1. The van der Waals surface area contributed by atoms with Crippen molar-refractivity contribution in [3.8, 4) is 5.69 Å². The quantitative estimate of drug-likeness (QED) is 0.597. The summed E-state index contributed by atoms with van der Waals surface area (Å²) < 4.78 is 1.53. The molecule has 2 aromatic carbocycles. The van der Waals surface area contributed by atoms with Crippen LogP contribution >= 0.6 is 39.1 Å². The van der Waals surface area contributed by atoms with Gasteiger partial charge in [-0.25, -0.2) is 0 Å². The standard InChI is InChI=1S/C18H14BrCl2N3O2/c19-18-14(22-10-15(25)11-5-2-1-3-6-11)9-16(26)24(23-18)17-12(20)7-4-8-13(17)21/h1-9,15,22,25H,10H2. The lowest BCUT2D eigenvalue weighted by Gasteiger charge is -2.15. The summed E-state index contributed by atoms with van der Waals surface area (Å²) in [5.41, 5.74) is 1.15. The predicted molar refractivity (Wildman–Crippen MR) is 107 cm³/mol. The van der Waals surface area contributed by atoms with Crippen LogP contribution in [0.15, 0.2) is 64.0 Å². The fraction of sp³-hybridized carbons (Fsp3) is 0.111. The molecule has 1 atom stereocenters. The van der Waals surface area contributed by atoms with E-state index in [1.165, 1.54) is 6.07 Å². The summed E-state index contributed by atoms with van der Waals surface area (Å²) in [6.07, 6.45) is -0.719. The molecule has 0 aliphatic heterocycles. The monoisotopic (exact) mass is 453 g/mol. The van der Waals surface area contributed by atoms with Gasteiger partial charge in [0.2, 0.25) is 0 Å². The summed E-state index contributed by atoms with van der Waals surface area (Å²) in [6, 6.07) is 15.6. The Bertz CT molecular complexity index is 960. The maximum Gasteiger partial charge on any atom is 0.273 e. The van der Waals surface area contributed by atoms with E-state index in [0.717, 1.165) is 10.2 Å². The van der Waals surface area contributed by atoms with Gasteiger partial charge >= 0.3 is 0 Å². The van der Waals surface area contributed by atoms with Gasteiger partial charge in [0.25, 0.3) is 5.56 Å². The number of hydrogen-bond donors (Lipinski definition) is 2. The molecular weight excluding hydrogens is 441 g/mol. The van der Waals surface area contributed by atoms with E-state index in [9.17, 15) is 9.90 Å². The van der Waals surface area contributed by atoms with Gasteiger partial charge in [-0.2, -0.15) is 9.78 Å². The topological polar surface area (TPSA) is 67.2 Å². The summed E-state index contributed by atoms with van der Waals surface area (Å²) in [6.45, 7) is 0.223. The van der Waals surface area contributed by atoms with Gasteiger partial charge in [-0.15, -0.1) is 0 Å². The summed E-state index contributed by atoms with van der Waals surface area (Å²) in [5, 5.41) is 18.1. The zero-order valence-electron chi connectivity index (χ0n) is 13.4. The third-order valence-electron chi connectivity index (χ3n) is 3.71. The second-order valence-corrected chi connectivity index (χ2v) is 7.04. The molecule has 0 amide bonds. The van der Waals surface area contributed by atoms with E-state index in [1.807, 2.05) is 30.3 Å². The zero-order chi connectivity index (χ0) is 18.7. The van der Waals surface area contributed by atoms with Gasteiger partial charge in [-0.05, 0) is 33.6 Å². The molecule has 1 heterocycles. The van der Waals surface area contributed by atoms with E-state index in [4.69, 9.17) is 23.2 Å². The number of benzene rings is 2. The molecule has 3 aromatic rings. The van der Waals surface area contributed by atoms with E-state index in [2.05, 4.69) is 26.3 Å². The Labute approximate surface area is 168 Å². The second-order valence-electron chi connectivity index (χ2n) is 5.48. The molecule has 5 nitrogen and oxygen atoms in total. The molecule has 1 unspecified atom stereocenters. The number of hydrogen-bond acceptors (Lipinski definition) is 4. The SMILES string of the molecule is O=c1cc(NCC(O)c2ccccc2)c(Br)nn1-c1c(Cl)cccc1Cl. The van der Waals surface area contributed by atoms with Crippen molar-refractivity contribution < 1.29 is 5.11 Å². The molecule has 0 spiro atoms. The summed E-state index contributed by atoms with van der Waals surface area (Å²) in [5.74, 6) is 0. The molecule has 0 saturated heterocycles. The van der Waals surface area contributed by atoms with Gasteiger partial charge in [-0.1, -0.05) is 59.6 Å². The Morgan fingerprint density at radius 1 is 1.12 bits per heavy atom. The lowest BCUT2D eigenvalue weighted by atomic mass is 10.1. The van der Waals surface area contributed by atoms with Gasteiger partial charge in [0.1, 0.15) is 10.3 Å². The van der Waals surface area contributed by atoms with Crippen LogP contribution in [0.1, 0.15) is 11.7 Å². The minimum atomic E-state index is -0.719. The highest BCUT2D eigenvalue weighted by Crippen LogP contribution is 2.28. The number of aromatic nitrogens is 2. The first-order chi connectivity index (χ1) is 12.5. The Kier molecular flexibility index (Phi) is 5.98. The van der Waals surface area contributed by atoms with Crippen molar-refractivity contribution in [2.45, 2.75) is 6.10 Å². The van der Waals surface area contributed by atoms with Crippen LogP contribution in [-0.2, 0) is 0 Å². The fourth-order valence-corrected chi connectivity index (χ4v) is 3.38. The zero-order valence-corrected chi connectivity index (χ0v) is 16.5. The van der Waals surface area contributed by atoms with Crippen LogP contribution in [0.3, 0.4) is 0 Å². The van der Waals surface area contributed by atoms with Crippen molar-refractivity contribution in [3.63, 3.8) is 0 Å². The third kappa shape index (κ3) is 4.10. The lowest BCUT2D eigenvalue weighted by Crippen LogP contribution is -2.23. The van der Waals surface area contributed by atoms with Crippen LogP contribution in [0.4, 0.5) is 5.69 Å². The van der Waals surface area contributed by atoms with Crippen molar-refractivity contribution in [1.82, 2.24) is 9.78 Å². The molecule has 0 fully saturated rings. The number of nitrogens with zero attached hydrogens (tertiary/aromatic N) is 2. The van der Waals surface area contributed by atoms with Gasteiger partial charge in [-0.3, -0.25) is 4.79 Å². The number of rotatable bonds is 5. The normalized spacial score (nSPS) is 12.0. The molecular formula is C18H14BrCl2N3O2. The molecule has 134 valence electrons. The van der Waals surface area contributed by atoms with Crippen LogP contribution < -0.4 is 10.9 Å². The van der Waals surface area contributed by atoms with E-state index in [1.54, 1.807) is 18.2 Å². The average Bonchev–Trinajstić information content (AvgIpc) is 2.63. The highest BCUT2D eigenvalue weighted by atomic mass is 79.9. The lowest BCUT2D eigenvalue weighted by molar-refractivity contribution is 0.191. The van der Waals surface area contributed by atoms with E-state index < -0.39 is 11.7 Å². The Hall–Kier alpha value is -1.86. The first kappa shape index (κ1) is 18.9. The number of anilines is 1. The molecule has 8 heteroatoms. The molecule has 26 heavy (non-hydrogen) atoms. The molecule has 0 aliphatic carbocycles. The van der Waals surface area contributed by atoms with Gasteiger partial charge in [0.15, 0.2) is 0 Å². The Balaban J connectivity index is 1.85. The number of aliphatic hydroxyl groups excluding tert-OH is 1. The van der Waals surface area contributed by atoms with Crippen LogP contribution in [0.5, 0.6) is 0 Å².